The summed E-state index contributed by atoms with van der Waals surface area (Å²) in [4.78, 5) is 67.3. The van der Waals surface area contributed by atoms with Crippen LogP contribution in [0.4, 0.5) is 4.79 Å². The molecule has 4 aromatic rings. The zero-order chi connectivity index (χ0) is 44.7. The first kappa shape index (κ1) is 49.9. The van der Waals surface area contributed by atoms with Gasteiger partial charge in [-0.2, -0.15) is 0 Å². The highest BCUT2D eigenvalue weighted by Crippen LogP contribution is 2.43. The van der Waals surface area contributed by atoms with Crippen molar-refractivity contribution in [2.45, 2.75) is 119 Å². The van der Waals surface area contributed by atoms with E-state index in [1.54, 1.807) is 24.0 Å². The lowest BCUT2D eigenvalue weighted by atomic mass is 9.87. The molecule has 6 rings (SSSR count). The Hall–Kier alpha value is -5.50. The van der Waals surface area contributed by atoms with Crippen LogP contribution in [0.1, 0.15) is 114 Å². The number of carbonyl (C=O) groups is 4. The van der Waals surface area contributed by atoms with Gasteiger partial charge in [-0.05, 0) is 84.7 Å². The monoisotopic (exact) mass is 843 g/mol. The topological polar surface area (TPSA) is 175 Å². The molecule has 0 bridgehead atoms. The fraction of sp³-hybridized carbons (Fsp3) is 0.532. The van der Waals surface area contributed by atoms with Gasteiger partial charge in [-0.15, -0.1) is 0 Å². The van der Waals surface area contributed by atoms with Gasteiger partial charge in [-0.3, -0.25) is 14.4 Å². The number of ether oxygens (including phenoxy) is 2. The van der Waals surface area contributed by atoms with E-state index in [4.69, 9.17) is 0 Å². The van der Waals surface area contributed by atoms with Crippen LogP contribution >= 0.6 is 0 Å². The predicted octanol–water partition coefficient (Wildman–Crippen LogP) is 7.79. The predicted molar refractivity (Wildman–Crippen MR) is 242 cm³/mol. The van der Waals surface area contributed by atoms with Gasteiger partial charge in [0.15, 0.2) is 0 Å². The molecule has 14 nitrogen and oxygen atoms in total. The van der Waals surface area contributed by atoms with Crippen LogP contribution in [-0.4, -0.2) is 102 Å². The van der Waals surface area contributed by atoms with Crippen molar-refractivity contribution < 1.29 is 28.7 Å². The highest BCUT2D eigenvalue weighted by atomic mass is 16.5. The molecule has 0 radical (unpaired) electrons. The van der Waals surface area contributed by atoms with Crippen molar-refractivity contribution in [2.24, 2.45) is 0 Å². The number of alkyl carbamates (subject to hydrolysis) is 1. The van der Waals surface area contributed by atoms with Gasteiger partial charge in [0.05, 0.1) is 50.5 Å². The third kappa shape index (κ3) is 14.0. The molecule has 14 heteroatoms. The van der Waals surface area contributed by atoms with Crippen LogP contribution in [-0.2, 0) is 62.6 Å². The Balaban J connectivity index is 0.00000101. The zero-order valence-electron chi connectivity index (χ0n) is 38.1. The smallest absolute Gasteiger partial charge is 0.407 e. The fourth-order valence-electron chi connectivity index (χ4n) is 7.64. The molecule has 2 aromatic heterocycles. The van der Waals surface area contributed by atoms with Crippen LogP contribution in [0.2, 0.25) is 0 Å². The molecule has 0 aliphatic heterocycles. The third-order valence-corrected chi connectivity index (χ3v) is 9.98. The number of amides is 4. The largest absolute Gasteiger partial charge is 0.453 e. The maximum atomic E-state index is 12.8. The second-order valence-corrected chi connectivity index (χ2v) is 15.2. The molecule has 334 valence electrons. The van der Waals surface area contributed by atoms with Crippen LogP contribution in [0.15, 0.2) is 36.7 Å². The molecule has 4 N–H and O–H groups in total. The van der Waals surface area contributed by atoms with E-state index >= 15 is 0 Å². The van der Waals surface area contributed by atoms with E-state index in [0.717, 1.165) is 73.9 Å². The third-order valence-electron chi connectivity index (χ3n) is 9.98. The number of aromatic amines is 2. The number of hydrogen-bond donors (Lipinski definition) is 4. The molecule has 0 saturated heterocycles. The van der Waals surface area contributed by atoms with Crippen molar-refractivity contribution in [1.29, 1.82) is 0 Å². The van der Waals surface area contributed by atoms with E-state index < -0.39 is 6.09 Å². The number of nitrogens with zero attached hydrogens (tertiary/aromatic N) is 4. The van der Waals surface area contributed by atoms with Crippen LogP contribution in [0, 0.1) is 0 Å². The van der Waals surface area contributed by atoms with Gasteiger partial charge in [-0.25, -0.2) is 14.8 Å². The van der Waals surface area contributed by atoms with E-state index in [2.05, 4.69) is 92.0 Å². The van der Waals surface area contributed by atoms with E-state index in [1.165, 1.54) is 53.3 Å². The average molecular weight is 843 g/mol. The lowest BCUT2D eigenvalue weighted by Crippen LogP contribution is -2.40. The average Bonchev–Trinajstić information content (AvgIpc) is 4.10. The van der Waals surface area contributed by atoms with Crippen molar-refractivity contribution in [3.05, 3.63) is 70.6 Å². The molecule has 0 saturated carbocycles. The molecule has 0 unspecified atom stereocenters. The first-order valence-electron chi connectivity index (χ1n) is 21.9. The summed E-state index contributed by atoms with van der Waals surface area (Å²) in [6.45, 7) is 14.2. The quantitative estimate of drug-likeness (QED) is 0.0828. The van der Waals surface area contributed by atoms with Crippen LogP contribution < -0.4 is 10.6 Å². The minimum absolute atomic E-state index is 0.0292. The van der Waals surface area contributed by atoms with E-state index in [1.807, 2.05) is 26.2 Å². The van der Waals surface area contributed by atoms with Crippen molar-refractivity contribution in [3.63, 3.8) is 0 Å². The summed E-state index contributed by atoms with van der Waals surface area (Å²) in [5.41, 5.74) is 12.3. The minimum atomic E-state index is -0.637. The summed E-state index contributed by atoms with van der Waals surface area (Å²) in [6, 6.07) is 8.93. The Morgan fingerprint density at radius 2 is 1.03 bits per heavy atom. The minimum Gasteiger partial charge on any atom is -0.453 e. The first-order valence-corrected chi connectivity index (χ1v) is 21.9. The van der Waals surface area contributed by atoms with Crippen LogP contribution in [0.3, 0.4) is 0 Å². The first-order chi connectivity index (χ1) is 29.6. The summed E-state index contributed by atoms with van der Waals surface area (Å²) in [5.74, 6) is 1.08. The summed E-state index contributed by atoms with van der Waals surface area (Å²) in [7, 11) is 4.52. The maximum absolute atomic E-state index is 12.8. The summed E-state index contributed by atoms with van der Waals surface area (Å²) in [5, 5.41) is 4.94. The zero-order valence-corrected chi connectivity index (χ0v) is 38.1. The number of H-pyrrole nitrogens is 2. The molecule has 2 aromatic carbocycles. The SMILES string of the molecule is CCC.CCC.CCCN(Cc1ncc(-c2ccc(-c3ccc(-c4cnc(CN(CCC)C(=O)CNC(=O)OC)[nH]4)c4c3CCC4)c3c2CCC3)[nH]1)C(=O)CNC=O.COC. The number of nitrogens with one attached hydrogen (secondary N) is 4. The molecule has 4 amide bonds. The summed E-state index contributed by atoms with van der Waals surface area (Å²) < 4.78 is 8.85. The van der Waals surface area contributed by atoms with E-state index in [0.29, 0.717) is 44.2 Å². The number of benzene rings is 2. The van der Waals surface area contributed by atoms with E-state index in [9.17, 15) is 19.2 Å². The maximum Gasteiger partial charge on any atom is 0.407 e. The lowest BCUT2D eigenvalue weighted by molar-refractivity contribution is -0.132. The molecule has 0 spiro atoms. The van der Waals surface area contributed by atoms with Gasteiger partial charge in [0.1, 0.15) is 18.2 Å². The van der Waals surface area contributed by atoms with Crippen LogP contribution in [0.5, 0.6) is 0 Å². The molecule has 2 aliphatic carbocycles. The summed E-state index contributed by atoms with van der Waals surface area (Å²) in [6.07, 6.45) is 13.9. The van der Waals surface area contributed by atoms with Gasteiger partial charge in [0, 0.05) is 38.4 Å². The van der Waals surface area contributed by atoms with Gasteiger partial charge < -0.3 is 39.9 Å². The van der Waals surface area contributed by atoms with Gasteiger partial charge in [0.2, 0.25) is 18.2 Å². The lowest BCUT2D eigenvalue weighted by Gasteiger charge is -2.21. The Kier molecular flexibility index (Phi) is 21.8. The molecule has 2 aliphatic rings. The van der Waals surface area contributed by atoms with Crippen LogP contribution in [0.25, 0.3) is 33.6 Å². The fourth-order valence-corrected chi connectivity index (χ4v) is 7.64. The number of aromatic nitrogens is 4. The van der Waals surface area contributed by atoms with Crippen molar-refractivity contribution >= 4 is 24.3 Å². The number of methoxy groups -OCH3 is 2. The summed E-state index contributed by atoms with van der Waals surface area (Å²) >= 11 is 0. The van der Waals surface area contributed by atoms with Crippen molar-refractivity contribution in [1.82, 2.24) is 40.4 Å². The standard InChI is InChI=1S/C39H48N8O5.2C3H8.C2H6O/c1-4-16-46(37(49)20-40-24-48)22-35-41-18-33(44-35)31-14-12-29(25-8-6-10-27(25)31)30-13-15-32(28-11-7-9-26(28)30)34-19-42-36(45-34)23-47(17-5-2)38(50)21-43-39(51)52-3;3*1-3-2/h12-15,18-19,24H,4-11,16-17,20-23H2,1-3H3,(H,40,48)(H,41,44)(H,42,45)(H,43,51);2*3H2,1-2H3;1-2H3. The molecular weight excluding hydrogens is 773 g/mol. The van der Waals surface area contributed by atoms with Gasteiger partial charge >= 0.3 is 6.09 Å². The highest BCUT2D eigenvalue weighted by Gasteiger charge is 2.27. The Morgan fingerprint density at radius 3 is 1.41 bits per heavy atom. The molecular formula is C47H70N8O6. The van der Waals surface area contributed by atoms with Crippen molar-refractivity contribution in [2.75, 3.05) is 47.5 Å². The Bertz CT molecular complexity index is 1980. The number of carbonyl (C=O) groups excluding carboxylic acids is 4. The van der Waals surface area contributed by atoms with E-state index in [-0.39, 0.29) is 24.9 Å². The second kappa shape index (κ2) is 26.7. The second-order valence-electron chi connectivity index (χ2n) is 15.2. The number of hydrogen-bond acceptors (Lipinski definition) is 8. The van der Waals surface area contributed by atoms with Crippen molar-refractivity contribution in [3.8, 4) is 33.6 Å². The normalized spacial score (nSPS) is 12.0. The number of fused-ring (bicyclic) bond motifs is 2. The molecule has 61 heavy (non-hydrogen) atoms. The highest BCUT2D eigenvalue weighted by molar-refractivity contribution is 5.84. The number of imidazole rings is 2. The molecule has 0 fully saturated rings. The Labute approximate surface area is 363 Å². The number of rotatable bonds is 16. The van der Waals surface area contributed by atoms with Gasteiger partial charge in [0.25, 0.3) is 0 Å². The molecule has 2 heterocycles. The Morgan fingerprint density at radius 1 is 0.656 bits per heavy atom. The molecule has 0 atom stereocenters. The van der Waals surface area contributed by atoms with Gasteiger partial charge in [-0.1, -0.05) is 78.6 Å².